The van der Waals surface area contributed by atoms with Crippen LogP contribution in [0, 0.1) is 22.5 Å². The summed E-state index contributed by atoms with van der Waals surface area (Å²) in [6.45, 7) is 0.0138. The Kier molecular flexibility index (Phi) is 6.84. The van der Waals surface area contributed by atoms with Gasteiger partial charge in [0.2, 0.25) is 0 Å². The third kappa shape index (κ3) is 4.99. The standard InChI is InChI=1S/C21H15ClN2O6S/c1-3-8-23-20(25)18(31-21(23)26)11-14-9-16(22)19(17(10-14)29-2)30-12-13-4-6-15(7-5-13)24(27)28/h1,4-7,9-11H,8,12H2,2H3/b18-11+. The molecule has 0 saturated carbocycles. The van der Waals surface area contributed by atoms with Gasteiger partial charge in [0.15, 0.2) is 11.5 Å². The van der Waals surface area contributed by atoms with E-state index in [-0.39, 0.29) is 34.5 Å². The Morgan fingerprint density at radius 1 is 1.29 bits per heavy atom. The van der Waals surface area contributed by atoms with Gasteiger partial charge in [-0.15, -0.1) is 6.42 Å². The van der Waals surface area contributed by atoms with Crippen LogP contribution in [0.5, 0.6) is 11.5 Å². The minimum Gasteiger partial charge on any atom is -0.493 e. The summed E-state index contributed by atoms with van der Waals surface area (Å²) >= 11 is 7.15. The number of imide groups is 1. The number of halogens is 1. The Morgan fingerprint density at radius 2 is 2.00 bits per heavy atom. The van der Waals surface area contributed by atoms with E-state index < -0.39 is 16.1 Å². The molecule has 1 fully saturated rings. The van der Waals surface area contributed by atoms with Crippen LogP contribution in [0.4, 0.5) is 10.5 Å². The molecule has 0 bridgehead atoms. The van der Waals surface area contributed by atoms with Crippen LogP contribution in [0.15, 0.2) is 41.3 Å². The van der Waals surface area contributed by atoms with Crippen molar-refractivity contribution in [3.63, 3.8) is 0 Å². The van der Waals surface area contributed by atoms with E-state index in [1.54, 1.807) is 24.3 Å². The number of amides is 2. The Labute approximate surface area is 186 Å². The van der Waals surface area contributed by atoms with Crippen molar-refractivity contribution in [1.29, 1.82) is 0 Å². The first-order valence-corrected chi connectivity index (χ1v) is 9.96. The van der Waals surface area contributed by atoms with Gasteiger partial charge < -0.3 is 9.47 Å². The second-order valence-electron chi connectivity index (χ2n) is 6.22. The van der Waals surface area contributed by atoms with E-state index >= 15 is 0 Å². The molecule has 31 heavy (non-hydrogen) atoms. The van der Waals surface area contributed by atoms with Gasteiger partial charge >= 0.3 is 0 Å². The van der Waals surface area contributed by atoms with Gasteiger partial charge in [0.1, 0.15) is 6.61 Å². The van der Waals surface area contributed by atoms with Crippen LogP contribution in [0.3, 0.4) is 0 Å². The summed E-state index contributed by atoms with van der Waals surface area (Å²) in [5.74, 6) is 2.41. The van der Waals surface area contributed by atoms with Gasteiger partial charge in [0.25, 0.3) is 16.8 Å². The Bertz CT molecular complexity index is 1120. The van der Waals surface area contributed by atoms with Crippen molar-refractivity contribution in [1.82, 2.24) is 4.90 Å². The lowest BCUT2D eigenvalue weighted by Crippen LogP contribution is -2.28. The number of hydrogen-bond acceptors (Lipinski definition) is 7. The van der Waals surface area contributed by atoms with Gasteiger partial charge in [-0.05, 0) is 53.2 Å². The molecule has 158 valence electrons. The zero-order valence-electron chi connectivity index (χ0n) is 16.2. The zero-order chi connectivity index (χ0) is 22.5. The van der Waals surface area contributed by atoms with E-state index in [2.05, 4.69) is 5.92 Å². The molecule has 3 rings (SSSR count). The lowest BCUT2D eigenvalue weighted by Gasteiger charge is -2.13. The van der Waals surface area contributed by atoms with E-state index in [1.165, 1.54) is 25.3 Å². The number of carbonyl (C=O) groups is 2. The normalized spacial score (nSPS) is 14.6. The minimum absolute atomic E-state index is 0.0182. The summed E-state index contributed by atoms with van der Waals surface area (Å²) in [4.78, 5) is 35.7. The number of nitro groups is 1. The molecule has 0 N–H and O–H groups in total. The maximum absolute atomic E-state index is 12.3. The maximum atomic E-state index is 12.3. The van der Waals surface area contributed by atoms with Crippen LogP contribution in [-0.2, 0) is 11.4 Å². The zero-order valence-corrected chi connectivity index (χ0v) is 17.7. The first kappa shape index (κ1) is 22.2. The number of methoxy groups -OCH3 is 1. The number of rotatable bonds is 7. The largest absolute Gasteiger partial charge is 0.493 e. The van der Waals surface area contributed by atoms with Crippen molar-refractivity contribution in [2.45, 2.75) is 6.61 Å². The molecule has 8 nitrogen and oxygen atoms in total. The average Bonchev–Trinajstić information content (AvgIpc) is 3.00. The summed E-state index contributed by atoms with van der Waals surface area (Å²) in [6, 6.07) is 9.12. The number of thioether (sulfide) groups is 1. The Morgan fingerprint density at radius 3 is 2.61 bits per heavy atom. The summed E-state index contributed by atoms with van der Waals surface area (Å²) in [5.41, 5.74) is 1.22. The molecule has 1 heterocycles. The van der Waals surface area contributed by atoms with E-state index in [0.29, 0.717) is 16.9 Å². The fraction of sp³-hybridized carbons (Fsp3) is 0.143. The van der Waals surface area contributed by atoms with Crippen LogP contribution < -0.4 is 9.47 Å². The van der Waals surface area contributed by atoms with Crippen molar-refractivity contribution >= 4 is 46.3 Å². The molecule has 1 saturated heterocycles. The highest BCUT2D eigenvalue weighted by atomic mass is 35.5. The number of non-ortho nitro benzene ring substituents is 1. The fourth-order valence-corrected chi connectivity index (χ4v) is 3.82. The first-order valence-electron chi connectivity index (χ1n) is 8.76. The van der Waals surface area contributed by atoms with Gasteiger partial charge in [0, 0.05) is 12.1 Å². The fourth-order valence-electron chi connectivity index (χ4n) is 2.71. The second kappa shape index (κ2) is 9.55. The Balaban J connectivity index is 1.80. The highest BCUT2D eigenvalue weighted by Gasteiger charge is 2.34. The van der Waals surface area contributed by atoms with Gasteiger partial charge in [0.05, 0.1) is 28.5 Å². The molecule has 0 spiro atoms. The smallest absolute Gasteiger partial charge is 0.294 e. The van der Waals surface area contributed by atoms with E-state index in [9.17, 15) is 19.7 Å². The lowest BCUT2D eigenvalue weighted by molar-refractivity contribution is -0.384. The number of nitro benzene ring substituents is 1. The third-order valence-corrected chi connectivity index (χ3v) is 5.39. The number of ether oxygens (including phenoxy) is 2. The quantitative estimate of drug-likeness (QED) is 0.260. The molecular formula is C21H15ClN2O6S. The second-order valence-corrected chi connectivity index (χ2v) is 7.62. The van der Waals surface area contributed by atoms with Crippen molar-refractivity contribution in [2.24, 2.45) is 0 Å². The third-order valence-electron chi connectivity index (χ3n) is 4.20. The van der Waals surface area contributed by atoms with Gasteiger partial charge in [-0.1, -0.05) is 17.5 Å². The van der Waals surface area contributed by atoms with Crippen molar-refractivity contribution in [3.05, 3.63) is 67.6 Å². The van der Waals surface area contributed by atoms with Crippen LogP contribution >= 0.6 is 23.4 Å². The number of nitrogens with zero attached hydrogens (tertiary/aromatic N) is 2. The van der Waals surface area contributed by atoms with Gasteiger partial charge in [-0.25, -0.2) is 0 Å². The van der Waals surface area contributed by atoms with Gasteiger partial charge in [-0.2, -0.15) is 0 Å². The molecule has 10 heteroatoms. The monoisotopic (exact) mass is 458 g/mol. The molecule has 0 atom stereocenters. The van der Waals surface area contributed by atoms with E-state index in [4.69, 9.17) is 27.5 Å². The predicted molar refractivity (Wildman–Crippen MR) is 117 cm³/mol. The first-order chi connectivity index (χ1) is 14.8. The average molecular weight is 459 g/mol. The van der Waals surface area contributed by atoms with E-state index in [0.717, 1.165) is 16.7 Å². The van der Waals surface area contributed by atoms with Crippen molar-refractivity contribution < 1.29 is 24.0 Å². The van der Waals surface area contributed by atoms with Crippen LogP contribution in [0.25, 0.3) is 6.08 Å². The summed E-state index contributed by atoms with van der Waals surface area (Å²) in [7, 11) is 1.44. The molecule has 2 aromatic carbocycles. The molecular weight excluding hydrogens is 444 g/mol. The molecule has 1 aliphatic heterocycles. The number of benzene rings is 2. The predicted octanol–water partition coefficient (Wildman–Crippen LogP) is 4.51. The van der Waals surface area contributed by atoms with Crippen LogP contribution in [0.2, 0.25) is 5.02 Å². The summed E-state index contributed by atoms with van der Waals surface area (Å²) in [6.07, 6.45) is 6.72. The van der Waals surface area contributed by atoms with Crippen LogP contribution in [-0.4, -0.2) is 34.6 Å². The summed E-state index contributed by atoms with van der Waals surface area (Å²) < 4.78 is 11.1. The van der Waals surface area contributed by atoms with Crippen molar-refractivity contribution in [2.75, 3.05) is 13.7 Å². The highest BCUT2D eigenvalue weighted by Crippen LogP contribution is 2.39. The molecule has 0 aromatic heterocycles. The number of hydrogen-bond donors (Lipinski definition) is 0. The molecule has 2 amide bonds. The molecule has 0 aliphatic carbocycles. The number of terminal acetylenes is 1. The molecule has 0 unspecified atom stereocenters. The summed E-state index contributed by atoms with van der Waals surface area (Å²) in [5, 5.41) is 10.5. The SMILES string of the molecule is C#CCN1C(=O)S/C(=C/c2cc(Cl)c(OCc3ccc([N+](=O)[O-])cc3)c(OC)c2)C1=O. The van der Waals surface area contributed by atoms with E-state index in [1.807, 2.05) is 0 Å². The topological polar surface area (TPSA) is 99.0 Å². The minimum atomic E-state index is -0.482. The van der Waals surface area contributed by atoms with Crippen LogP contribution in [0.1, 0.15) is 11.1 Å². The van der Waals surface area contributed by atoms with Crippen molar-refractivity contribution in [3.8, 4) is 23.8 Å². The molecule has 2 aromatic rings. The number of carbonyl (C=O) groups excluding carboxylic acids is 2. The maximum Gasteiger partial charge on any atom is 0.294 e. The highest BCUT2D eigenvalue weighted by molar-refractivity contribution is 8.18. The molecule has 0 radical (unpaired) electrons. The molecule has 1 aliphatic rings. The Hall–Kier alpha value is -3.48. The lowest BCUT2D eigenvalue weighted by atomic mass is 10.1. The van der Waals surface area contributed by atoms with Gasteiger partial charge in [-0.3, -0.25) is 24.6 Å².